The maximum atomic E-state index is 10.8. The summed E-state index contributed by atoms with van der Waals surface area (Å²) in [6.07, 6.45) is 1.82. The maximum Gasteiger partial charge on any atom is 0.469 e. The summed E-state index contributed by atoms with van der Waals surface area (Å²) >= 11 is 0. The number of carbonyl (C=O) groups is 2. The molecule has 120 valence electrons. The van der Waals surface area contributed by atoms with Crippen LogP contribution in [0.3, 0.4) is 0 Å². The van der Waals surface area contributed by atoms with E-state index >= 15 is 0 Å². The van der Waals surface area contributed by atoms with Crippen molar-refractivity contribution in [1.29, 1.82) is 0 Å². The monoisotopic (exact) mass is 322 g/mol. The van der Waals surface area contributed by atoms with Crippen LogP contribution in [0.1, 0.15) is 19.3 Å². The molecule has 8 nitrogen and oxygen atoms in total. The Morgan fingerprint density at radius 2 is 1.57 bits per heavy atom. The van der Waals surface area contributed by atoms with Crippen molar-refractivity contribution in [3.05, 3.63) is 25.3 Å². The van der Waals surface area contributed by atoms with Crippen molar-refractivity contribution in [3.8, 4) is 0 Å². The molecule has 9 heteroatoms. The fourth-order valence-electron chi connectivity index (χ4n) is 1.34. The zero-order valence-electron chi connectivity index (χ0n) is 11.5. The second-order valence-electron chi connectivity index (χ2n) is 3.89. The molecule has 0 aromatic rings. The Hall–Kier alpha value is -1.47. The van der Waals surface area contributed by atoms with Gasteiger partial charge in [-0.15, -0.1) is 0 Å². The van der Waals surface area contributed by atoms with Crippen LogP contribution in [0.4, 0.5) is 0 Å². The topological polar surface area (TPSA) is 119 Å². The molecule has 2 N–H and O–H groups in total. The van der Waals surface area contributed by atoms with Crippen LogP contribution in [0.2, 0.25) is 0 Å². The summed E-state index contributed by atoms with van der Waals surface area (Å²) in [5.74, 6) is -1.22. The molecule has 0 rings (SSSR count). The molecule has 21 heavy (non-hydrogen) atoms. The van der Waals surface area contributed by atoms with Crippen molar-refractivity contribution in [2.75, 3.05) is 13.2 Å². The van der Waals surface area contributed by atoms with E-state index in [1.807, 2.05) is 0 Å². The van der Waals surface area contributed by atoms with Crippen LogP contribution in [0.15, 0.2) is 25.3 Å². The second-order valence-corrected chi connectivity index (χ2v) is 5.08. The third-order valence-corrected chi connectivity index (χ3v) is 2.79. The van der Waals surface area contributed by atoms with Crippen molar-refractivity contribution >= 4 is 19.8 Å². The summed E-state index contributed by atoms with van der Waals surface area (Å²) in [6.45, 7) is 6.45. The molecule has 1 atom stereocenters. The van der Waals surface area contributed by atoms with Crippen molar-refractivity contribution < 1.29 is 37.9 Å². The molecule has 0 saturated carbocycles. The van der Waals surface area contributed by atoms with Crippen LogP contribution < -0.4 is 0 Å². The quantitative estimate of drug-likeness (QED) is 0.251. The number of phosphoric ester groups is 1. The van der Waals surface area contributed by atoms with Gasteiger partial charge in [0, 0.05) is 18.6 Å². The van der Waals surface area contributed by atoms with Crippen molar-refractivity contribution in [1.82, 2.24) is 0 Å². The Kier molecular flexibility index (Phi) is 9.56. The number of carbonyl (C=O) groups excluding carboxylic acids is 2. The predicted octanol–water partition coefficient (Wildman–Crippen LogP) is 1.09. The first kappa shape index (κ1) is 19.5. The number of rotatable bonds is 11. The highest BCUT2D eigenvalue weighted by Crippen LogP contribution is 2.39. The van der Waals surface area contributed by atoms with Gasteiger partial charge in [-0.1, -0.05) is 13.2 Å². The summed E-state index contributed by atoms with van der Waals surface area (Å²) in [4.78, 5) is 39.2. The number of ether oxygens (including phenoxy) is 2. The average Bonchev–Trinajstić information content (AvgIpc) is 2.40. The number of esters is 2. The van der Waals surface area contributed by atoms with E-state index in [4.69, 9.17) is 19.3 Å². The lowest BCUT2D eigenvalue weighted by atomic mass is 10.1. The summed E-state index contributed by atoms with van der Waals surface area (Å²) in [6, 6.07) is 0. The van der Waals surface area contributed by atoms with Gasteiger partial charge in [-0.05, 0) is 12.8 Å². The second kappa shape index (κ2) is 10.3. The molecule has 0 aliphatic rings. The first-order valence-corrected chi connectivity index (χ1v) is 7.64. The van der Waals surface area contributed by atoms with Crippen LogP contribution in [0.5, 0.6) is 0 Å². The molecule has 0 saturated heterocycles. The van der Waals surface area contributed by atoms with Gasteiger partial charge in [0.1, 0.15) is 0 Å². The third kappa shape index (κ3) is 12.0. The minimum atomic E-state index is -4.65. The van der Waals surface area contributed by atoms with Crippen molar-refractivity contribution in [2.24, 2.45) is 0 Å². The minimum absolute atomic E-state index is 0.0675. The normalized spacial score (nSPS) is 12.3. The molecule has 0 aromatic heterocycles. The van der Waals surface area contributed by atoms with Gasteiger partial charge in [-0.25, -0.2) is 14.2 Å². The van der Waals surface area contributed by atoms with Crippen molar-refractivity contribution in [3.63, 3.8) is 0 Å². The van der Waals surface area contributed by atoms with Gasteiger partial charge in [0.2, 0.25) is 0 Å². The van der Waals surface area contributed by atoms with Crippen LogP contribution in [-0.2, 0) is 28.2 Å². The number of phosphoric acid groups is 1. The maximum absolute atomic E-state index is 10.8. The largest absolute Gasteiger partial charge is 0.469 e. The highest BCUT2D eigenvalue weighted by molar-refractivity contribution is 7.46. The summed E-state index contributed by atoms with van der Waals surface area (Å²) in [5, 5.41) is 0. The zero-order valence-corrected chi connectivity index (χ0v) is 12.4. The van der Waals surface area contributed by atoms with Gasteiger partial charge in [0.25, 0.3) is 0 Å². The molecule has 0 heterocycles. The first-order chi connectivity index (χ1) is 9.78. The SMILES string of the molecule is C=CC(=O)OCCCC(CCOC(=O)C=C)OP(=O)(O)O. The van der Waals surface area contributed by atoms with Crippen LogP contribution in [0.25, 0.3) is 0 Å². The molecule has 0 aliphatic heterocycles. The number of hydrogen-bond acceptors (Lipinski definition) is 6. The fraction of sp³-hybridized carbons (Fsp3) is 0.500. The Morgan fingerprint density at radius 3 is 2.05 bits per heavy atom. The molecular weight excluding hydrogens is 303 g/mol. The van der Waals surface area contributed by atoms with E-state index in [0.29, 0.717) is 6.42 Å². The summed E-state index contributed by atoms with van der Waals surface area (Å²) < 4.78 is 24.8. The smallest absolute Gasteiger partial charge is 0.463 e. The first-order valence-electron chi connectivity index (χ1n) is 6.11. The van der Waals surface area contributed by atoms with E-state index in [0.717, 1.165) is 12.2 Å². The van der Waals surface area contributed by atoms with E-state index in [1.54, 1.807) is 0 Å². The molecule has 0 aliphatic carbocycles. The van der Waals surface area contributed by atoms with Crippen molar-refractivity contribution in [2.45, 2.75) is 25.4 Å². The zero-order chi connectivity index (χ0) is 16.3. The molecule has 0 fully saturated rings. The lowest BCUT2D eigenvalue weighted by molar-refractivity contribution is -0.139. The summed E-state index contributed by atoms with van der Waals surface area (Å²) in [5.41, 5.74) is 0. The standard InChI is InChI=1S/C12H19O8P/c1-3-11(13)18-8-5-6-10(20-21(15,16)17)7-9-19-12(14)4-2/h3-4,10H,1-2,5-9H2,(H2,15,16,17). The van der Waals surface area contributed by atoms with Gasteiger partial charge in [-0.3, -0.25) is 4.52 Å². The van der Waals surface area contributed by atoms with Crippen LogP contribution in [-0.4, -0.2) is 41.0 Å². The molecule has 0 spiro atoms. The molecule has 0 bridgehead atoms. The van der Waals surface area contributed by atoms with Crippen LogP contribution >= 0.6 is 7.82 Å². The van der Waals surface area contributed by atoms with E-state index in [9.17, 15) is 14.2 Å². The Morgan fingerprint density at radius 1 is 1.05 bits per heavy atom. The predicted molar refractivity (Wildman–Crippen MR) is 73.1 cm³/mol. The lowest BCUT2D eigenvalue weighted by Crippen LogP contribution is -2.17. The van der Waals surface area contributed by atoms with Gasteiger partial charge in [-0.2, -0.15) is 0 Å². The number of hydrogen-bond donors (Lipinski definition) is 2. The Bertz CT molecular complexity index is 413. The highest BCUT2D eigenvalue weighted by atomic mass is 31.2. The molecule has 0 aromatic carbocycles. The van der Waals surface area contributed by atoms with Gasteiger partial charge >= 0.3 is 19.8 Å². The Labute approximate surface area is 122 Å². The molecule has 0 amide bonds. The highest BCUT2D eigenvalue weighted by Gasteiger charge is 2.22. The molecule has 0 radical (unpaired) electrons. The van der Waals surface area contributed by atoms with Gasteiger partial charge in [0.05, 0.1) is 19.3 Å². The van der Waals surface area contributed by atoms with E-state index in [2.05, 4.69) is 17.7 Å². The lowest BCUT2D eigenvalue weighted by Gasteiger charge is -2.17. The Balaban J connectivity index is 4.17. The van der Waals surface area contributed by atoms with E-state index in [-0.39, 0.29) is 26.1 Å². The summed E-state index contributed by atoms with van der Waals surface area (Å²) in [7, 11) is -4.65. The van der Waals surface area contributed by atoms with E-state index < -0.39 is 25.9 Å². The minimum Gasteiger partial charge on any atom is -0.463 e. The molecule has 1 unspecified atom stereocenters. The van der Waals surface area contributed by atoms with Gasteiger partial charge < -0.3 is 19.3 Å². The average molecular weight is 322 g/mol. The fourth-order valence-corrected chi connectivity index (χ4v) is 1.94. The van der Waals surface area contributed by atoms with E-state index in [1.165, 1.54) is 0 Å². The van der Waals surface area contributed by atoms with Gasteiger partial charge in [0.15, 0.2) is 0 Å². The third-order valence-electron chi connectivity index (χ3n) is 2.22. The van der Waals surface area contributed by atoms with Crippen LogP contribution in [0, 0.1) is 0 Å². The molecular formula is C12H19O8P.